The molecule has 8 heteroatoms. The van der Waals surface area contributed by atoms with Gasteiger partial charge in [-0.25, -0.2) is 4.39 Å². The minimum Gasteiger partial charge on any atom is -0.390 e. The predicted molar refractivity (Wildman–Crippen MR) is 143 cm³/mol. The van der Waals surface area contributed by atoms with E-state index in [0.717, 1.165) is 0 Å². The number of hydrogen-bond acceptors (Lipinski definition) is 3. The molecule has 0 aromatic heterocycles. The van der Waals surface area contributed by atoms with Crippen LogP contribution in [0.5, 0.6) is 0 Å². The predicted octanol–water partition coefficient (Wildman–Crippen LogP) is 6.13. The zero-order valence-corrected chi connectivity index (χ0v) is 22.8. The fraction of sp³-hybridized carbons (Fsp3) is 0.448. The lowest BCUT2D eigenvalue weighted by molar-refractivity contribution is -0.123. The number of fused-ring (bicyclic) bond motifs is 2. The zero-order valence-electron chi connectivity index (χ0n) is 21.3. The summed E-state index contributed by atoms with van der Waals surface area (Å²) >= 11 is 12.5. The molecule has 2 amide bonds. The number of carbonyl (C=O) groups excluding carboxylic acids is 2. The Kier molecular flexibility index (Phi) is 6.25. The van der Waals surface area contributed by atoms with Crippen LogP contribution in [0.2, 0.25) is 10.0 Å². The zero-order chi connectivity index (χ0) is 26.9. The second kappa shape index (κ2) is 8.82. The topological polar surface area (TPSA) is 78.4 Å². The summed E-state index contributed by atoms with van der Waals surface area (Å²) in [5.74, 6) is -2.62. The van der Waals surface area contributed by atoms with Crippen molar-refractivity contribution in [2.24, 2.45) is 11.3 Å². The Morgan fingerprint density at radius 3 is 2.57 bits per heavy atom. The van der Waals surface area contributed by atoms with Crippen LogP contribution in [0.25, 0.3) is 0 Å². The molecule has 2 aromatic rings. The molecule has 2 aromatic carbocycles. The van der Waals surface area contributed by atoms with Crippen molar-refractivity contribution in [2.45, 2.75) is 69.9 Å². The maximum atomic E-state index is 15.7. The highest BCUT2D eigenvalue weighted by Crippen LogP contribution is 2.61. The molecule has 5 rings (SSSR count). The second-order valence-electron chi connectivity index (χ2n) is 12.2. The number of aliphatic hydroxyl groups is 1. The number of carbonyl (C=O) groups is 2. The van der Waals surface area contributed by atoms with Gasteiger partial charge in [0.1, 0.15) is 5.82 Å². The van der Waals surface area contributed by atoms with E-state index in [-0.39, 0.29) is 33.9 Å². The molecule has 3 aliphatic rings. The Labute approximate surface area is 226 Å². The lowest BCUT2D eigenvalue weighted by Crippen LogP contribution is -2.54. The summed E-state index contributed by atoms with van der Waals surface area (Å²) in [6.07, 6.45) is 3.29. The molecule has 1 spiro atoms. The highest BCUT2D eigenvalue weighted by Gasteiger charge is 2.63. The Hall–Kier alpha value is -2.41. The molecular formula is C29H31Cl2FN2O3. The molecule has 1 heterocycles. The molecule has 0 radical (unpaired) electrons. The quantitative estimate of drug-likeness (QED) is 0.433. The summed E-state index contributed by atoms with van der Waals surface area (Å²) in [6.45, 7) is 7.96. The third-order valence-corrected chi connectivity index (χ3v) is 8.40. The van der Waals surface area contributed by atoms with Gasteiger partial charge in [0.15, 0.2) is 0 Å². The monoisotopic (exact) mass is 544 g/mol. The highest BCUT2D eigenvalue weighted by atomic mass is 35.5. The van der Waals surface area contributed by atoms with Crippen LogP contribution < -0.4 is 10.6 Å². The number of nitrogens with one attached hydrogen (secondary N) is 2. The number of anilines is 1. The third-order valence-electron chi connectivity index (χ3n) is 7.88. The van der Waals surface area contributed by atoms with Crippen molar-refractivity contribution in [2.75, 3.05) is 5.32 Å². The first kappa shape index (κ1) is 26.2. The maximum absolute atomic E-state index is 15.7. The van der Waals surface area contributed by atoms with Crippen LogP contribution >= 0.6 is 23.2 Å². The number of rotatable bonds is 4. The largest absolute Gasteiger partial charge is 0.390 e. The molecule has 0 bridgehead atoms. The van der Waals surface area contributed by atoms with Crippen LogP contribution in [-0.4, -0.2) is 28.6 Å². The summed E-state index contributed by atoms with van der Waals surface area (Å²) < 4.78 is 15.7. The summed E-state index contributed by atoms with van der Waals surface area (Å²) in [4.78, 5) is 27.9. The molecule has 2 aliphatic carbocycles. The lowest BCUT2D eigenvalue weighted by Gasteiger charge is -2.42. The first-order valence-electron chi connectivity index (χ1n) is 12.5. The molecular weight excluding hydrogens is 514 g/mol. The summed E-state index contributed by atoms with van der Waals surface area (Å²) in [6, 6.07) is 9.71. The van der Waals surface area contributed by atoms with Crippen molar-refractivity contribution < 1.29 is 19.1 Å². The van der Waals surface area contributed by atoms with Crippen LogP contribution in [0.4, 0.5) is 10.1 Å². The van der Waals surface area contributed by atoms with Gasteiger partial charge in [0.05, 0.1) is 16.0 Å². The van der Waals surface area contributed by atoms with Crippen LogP contribution in [-0.2, 0) is 15.0 Å². The van der Waals surface area contributed by atoms with E-state index in [1.807, 2.05) is 6.08 Å². The first-order chi connectivity index (χ1) is 17.2. The highest BCUT2D eigenvalue weighted by molar-refractivity contribution is 6.31. The molecule has 0 saturated heterocycles. The molecule has 5 nitrogen and oxygen atoms in total. The van der Waals surface area contributed by atoms with E-state index in [0.29, 0.717) is 41.1 Å². The van der Waals surface area contributed by atoms with Crippen LogP contribution in [0.15, 0.2) is 48.0 Å². The van der Waals surface area contributed by atoms with E-state index in [2.05, 4.69) is 31.4 Å². The van der Waals surface area contributed by atoms with Crippen molar-refractivity contribution in [1.29, 1.82) is 0 Å². The second-order valence-corrected chi connectivity index (χ2v) is 13.0. The summed E-state index contributed by atoms with van der Waals surface area (Å²) in [5.41, 5.74) is -0.500. The van der Waals surface area contributed by atoms with Gasteiger partial charge >= 0.3 is 0 Å². The van der Waals surface area contributed by atoms with E-state index < -0.39 is 28.7 Å². The number of hydrogen-bond donors (Lipinski definition) is 3. The van der Waals surface area contributed by atoms with E-state index in [9.17, 15) is 14.7 Å². The number of benzene rings is 2. The van der Waals surface area contributed by atoms with Crippen LogP contribution in [0.1, 0.15) is 64.0 Å². The molecule has 1 fully saturated rings. The van der Waals surface area contributed by atoms with Gasteiger partial charge in [0.25, 0.3) is 0 Å². The Balaban J connectivity index is 1.71. The minimum atomic E-state index is -1.27. The Bertz CT molecular complexity index is 1320. The van der Waals surface area contributed by atoms with Crippen molar-refractivity contribution in [1.82, 2.24) is 5.32 Å². The van der Waals surface area contributed by atoms with Crippen LogP contribution in [0, 0.1) is 17.2 Å². The number of halogens is 3. The average molecular weight is 545 g/mol. The normalized spacial score (nSPS) is 30.5. The van der Waals surface area contributed by atoms with Gasteiger partial charge in [-0.3, -0.25) is 9.59 Å². The molecule has 0 unspecified atom stereocenters. The van der Waals surface area contributed by atoms with Gasteiger partial charge in [-0.1, -0.05) is 68.2 Å². The van der Waals surface area contributed by atoms with Crippen molar-refractivity contribution in [3.8, 4) is 0 Å². The Morgan fingerprint density at radius 1 is 1.22 bits per heavy atom. The van der Waals surface area contributed by atoms with Gasteiger partial charge in [-0.2, -0.15) is 0 Å². The fourth-order valence-corrected chi connectivity index (χ4v) is 6.86. The van der Waals surface area contributed by atoms with E-state index >= 15 is 4.39 Å². The minimum absolute atomic E-state index is 0.0727. The molecule has 3 atom stereocenters. The van der Waals surface area contributed by atoms with E-state index in [1.54, 1.807) is 37.3 Å². The van der Waals surface area contributed by atoms with Crippen molar-refractivity contribution >= 4 is 40.7 Å². The van der Waals surface area contributed by atoms with Crippen molar-refractivity contribution in [3.05, 3.63) is 75.0 Å². The standard InChI is InChI=1S/C29H31Cl2FN2O3/c1-27(2,3)12-15-10-19(25(35)33-17-13-28(4,37)14-17)23(18-6-5-7-21(31)24(18)32)29(15)20-9-8-16(30)11-22(20)34-26(29)36/h5-11,15,17,23,37H,12-14H2,1-4H3,(H,33,35)(H,34,36)/t15-,17?,23-,28?,29-/m0/s1. The molecule has 196 valence electrons. The van der Waals surface area contributed by atoms with Gasteiger partial charge in [-0.15, -0.1) is 0 Å². The smallest absolute Gasteiger partial charge is 0.247 e. The van der Waals surface area contributed by atoms with Gasteiger partial charge in [0.2, 0.25) is 11.8 Å². The number of amides is 2. The van der Waals surface area contributed by atoms with Gasteiger partial charge < -0.3 is 15.7 Å². The summed E-state index contributed by atoms with van der Waals surface area (Å²) in [5, 5.41) is 16.6. The maximum Gasteiger partial charge on any atom is 0.247 e. The van der Waals surface area contributed by atoms with Gasteiger partial charge in [-0.05, 0) is 66.8 Å². The molecule has 3 N–H and O–H groups in total. The molecule has 37 heavy (non-hydrogen) atoms. The first-order valence-corrected chi connectivity index (χ1v) is 13.3. The van der Waals surface area contributed by atoms with Gasteiger partial charge in [0, 0.05) is 28.2 Å². The number of allylic oxidation sites excluding steroid dienone is 1. The van der Waals surface area contributed by atoms with E-state index in [4.69, 9.17) is 23.2 Å². The summed E-state index contributed by atoms with van der Waals surface area (Å²) in [7, 11) is 0. The van der Waals surface area contributed by atoms with E-state index in [1.165, 1.54) is 6.07 Å². The third kappa shape index (κ3) is 4.37. The molecule has 1 saturated carbocycles. The van der Waals surface area contributed by atoms with Crippen molar-refractivity contribution in [3.63, 3.8) is 0 Å². The SMILES string of the molecule is CC(C)(C)C[C@@H]1C=C(C(=O)NC2CC(C)(O)C2)[C@H](c2cccc(Cl)c2F)[C@]12C(=O)Nc1cc(Cl)ccc12. The fourth-order valence-electron chi connectivity index (χ4n) is 6.50. The molecule has 1 aliphatic heterocycles. The average Bonchev–Trinajstić information content (AvgIpc) is 3.23. The Morgan fingerprint density at radius 2 is 1.92 bits per heavy atom. The lowest BCUT2D eigenvalue weighted by atomic mass is 9.61. The van der Waals surface area contributed by atoms with Crippen LogP contribution in [0.3, 0.4) is 0 Å².